The molecular formula is C17H24FN3O2. The van der Waals surface area contributed by atoms with Gasteiger partial charge in [-0.3, -0.25) is 10.1 Å². The quantitative estimate of drug-likeness (QED) is 0.647. The van der Waals surface area contributed by atoms with Gasteiger partial charge in [0.05, 0.1) is 18.7 Å². The highest BCUT2D eigenvalue weighted by Gasteiger charge is 2.14. The van der Waals surface area contributed by atoms with Crippen molar-refractivity contribution in [1.29, 1.82) is 0 Å². The lowest BCUT2D eigenvalue weighted by molar-refractivity contribution is 0.0961. The predicted octanol–water partition coefficient (Wildman–Crippen LogP) is 2.43. The Morgan fingerprint density at radius 1 is 1.35 bits per heavy atom. The van der Waals surface area contributed by atoms with Gasteiger partial charge in [0.2, 0.25) is 0 Å². The van der Waals surface area contributed by atoms with E-state index < -0.39 is 11.7 Å². The van der Waals surface area contributed by atoms with Crippen molar-refractivity contribution in [3.8, 4) is 0 Å². The first-order chi connectivity index (χ1) is 11.2. The number of hydrogen-bond acceptors (Lipinski definition) is 4. The van der Waals surface area contributed by atoms with E-state index in [0.717, 1.165) is 26.1 Å². The van der Waals surface area contributed by atoms with Crippen LogP contribution >= 0.6 is 0 Å². The highest BCUT2D eigenvalue weighted by atomic mass is 19.1. The fraction of sp³-hybridized carbons (Fsp3) is 0.529. The lowest BCUT2D eigenvalue weighted by Crippen LogP contribution is -2.34. The second kappa shape index (κ2) is 9.25. The number of nitrogens with zero attached hydrogens (tertiary/aromatic N) is 2. The fourth-order valence-corrected chi connectivity index (χ4v) is 2.43. The van der Waals surface area contributed by atoms with Crippen LogP contribution in [-0.4, -0.2) is 49.6 Å². The van der Waals surface area contributed by atoms with E-state index in [0.29, 0.717) is 13.2 Å². The van der Waals surface area contributed by atoms with Gasteiger partial charge in [0.25, 0.3) is 11.9 Å². The number of amides is 1. The summed E-state index contributed by atoms with van der Waals surface area (Å²) >= 11 is 0. The van der Waals surface area contributed by atoms with Gasteiger partial charge in [-0.2, -0.15) is 0 Å². The zero-order valence-electron chi connectivity index (χ0n) is 13.6. The Balaban J connectivity index is 1.93. The van der Waals surface area contributed by atoms with Gasteiger partial charge in [0.1, 0.15) is 5.82 Å². The van der Waals surface area contributed by atoms with Gasteiger partial charge in [0, 0.05) is 6.54 Å². The molecule has 1 N–H and O–H groups in total. The summed E-state index contributed by atoms with van der Waals surface area (Å²) in [5.74, 6) is -1.10. The molecule has 1 aromatic rings. The SMILES string of the molecule is CCCOC(=NCCN1CCCC1)NC(=O)c1ccccc1F. The maximum absolute atomic E-state index is 13.7. The molecule has 0 radical (unpaired) electrons. The van der Waals surface area contributed by atoms with E-state index in [9.17, 15) is 9.18 Å². The molecule has 6 heteroatoms. The van der Waals surface area contributed by atoms with E-state index in [1.165, 1.54) is 25.0 Å². The number of halogens is 1. The Morgan fingerprint density at radius 3 is 2.78 bits per heavy atom. The Hall–Kier alpha value is -1.95. The van der Waals surface area contributed by atoms with Gasteiger partial charge in [-0.05, 0) is 44.5 Å². The topological polar surface area (TPSA) is 53.9 Å². The number of carbonyl (C=O) groups is 1. The first-order valence-corrected chi connectivity index (χ1v) is 8.16. The van der Waals surface area contributed by atoms with Crippen molar-refractivity contribution in [3.63, 3.8) is 0 Å². The third-order valence-corrected chi connectivity index (χ3v) is 3.65. The van der Waals surface area contributed by atoms with E-state index in [1.807, 2.05) is 6.92 Å². The first-order valence-electron chi connectivity index (χ1n) is 8.16. The number of benzene rings is 1. The summed E-state index contributed by atoms with van der Waals surface area (Å²) in [4.78, 5) is 18.8. The number of hydrogen-bond donors (Lipinski definition) is 1. The van der Waals surface area contributed by atoms with Gasteiger partial charge in [-0.1, -0.05) is 19.1 Å². The average Bonchev–Trinajstić information content (AvgIpc) is 3.06. The molecule has 0 unspecified atom stereocenters. The van der Waals surface area contributed by atoms with Crippen LogP contribution in [0.5, 0.6) is 0 Å². The molecule has 2 rings (SSSR count). The minimum Gasteiger partial charge on any atom is -0.465 e. The van der Waals surface area contributed by atoms with Crippen LogP contribution < -0.4 is 5.32 Å². The summed E-state index contributed by atoms with van der Waals surface area (Å²) in [5, 5.41) is 2.56. The number of aliphatic imine (C=N–C) groups is 1. The largest absolute Gasteiger partial charge is 0.465 e. The highest BCUT2D eigenvalue weighted by Crippen LogP contribution is 2.07. The Bertz CT molecular complexity index is 542. The smallest absolute Gasteiger partial charge is 0.291 e. The van der Waals surface area contributed by atoms with E-state index in [-0.39, 0.29) is 11.6 Å². The summed E-state index contributed by atoms with van der Waals surface area (Å²) in [6, 6.07) is 6.03. The van der Waals surface area contributed by atoms with Crippen LogP contribution in [0, 0.1) is 5.82 Å². The minimum absolute atomic E-state index is 0.0140. The van der Waals surface area contributed by atoms with Crippen molar-refractivity contribution in [2.45, 2.75) is 26.2 Å². The molecule has 1 amide bonds. The van der Waals surface area contributed by atoms with Gasteiger partial charge >= 0.3 is 0 Å². The van der Waals surface area contributed by atoms with E-state index >= 15 is 0 Å². The average molecular weight is 321 g/mol. The summed E-state index contributed by atoms with van der Waals surface area (Å²) in [7, 11) is 0. The van der Waals surface area contributed by atoms with Crippen LogP contribution in [0.1, 0.15) is 36.5 Å². The molecule has 1 aromatic carbocycles. The van der Waals surface area contributed by atoms with Crippen molar-refractivity contribution >= 4 is 11.9 Å². The van der Waals surface area contributed by atoms with E-state index in [2.05, 4.69) is 15.2 Å². The standard InChI is InChI=1S/C17H24FN3O2/c1-2-13-23-17(19-9-12-21-10-5-6-11-21)20-16(22)14-7-3-4-8-15(14)18/h3-4,7-8H,2,5-6,9-13H2,1H3,(H,19,20,22). The number of likely N-dealkylation sites (tertiary alicyclic amines) is 1. The summed E-state index contributed by atoms with van der Waals surface area (Å²) < 4.78 is 19.1. The molecule has 0 spiro atoms. The molecule has 0 bridgehead atoms. The van der Waals surface area contributed by atoms with Crippen LogP contribution in [0.25, 0.3) is 0 Å². The first kappa shape index (κ1) is 17.4. The molecule has 1 saturated heterocycles. The normalized spacial score (nSPS) is 15.7. The van der Waals surface area contributed by atoms with Crippen molar-refractivity contribution in [3.05, 3.63) is 35.6 Å². The van der Waals surface area contributed by atoms with Crippen molar-refractivity contribution in [2.24, 2.45) is 4.99 Å². The zero-order valence-corrected chi connectivity index (χ0v) is 13.6. The molecule has 0 aromatic heterocycles. The molecule has 1 aliphatic rings. The Kier molecular flexibility index (Phi) is 7.00. The van der Waals surface area contributed by atoms with Crippen LogP contribution in [-0.2, 0) is 4.74 Å². The third kappa shape index (κ3) is 5.63. The third-order valence-electron chi connectivity index (χ3n) is 3.65. The van der Waals surface area contributed by atoms with Gasteiger partial charge in [-0.15, -0.1) is 0 Å². The number of nitrogens with one attached hydrogen (secondary N) is 1. The fourth-order valence-electron chi connectivity index (χ4n) is 2.43. The zero-order chi connectivity index (χ0) is 16.5. The summed E-state index contributed by atoms with van der Waals surface area (Å²) in [5.41, 5.74) is -0.0140. The molecule has 1 heterocycles. The summed E-state index contributed by atoms with van der Waals surface area (Å²) in [6.07, 6.45) is 3.26. The van der Waals surface area contributed by atoms with Crippen molar-refractivity contribution < 1.29 is 13.9 Å². The number of ether oxygens (including phenoxy) is 1. The second-order valence-corrected chi connectivity index (χ2v) is 5.52. The van der Waals surface area contributed by atoms with Gasteiger partial charge in [-0.25, -0.2) is 9.38 Å². The van der Waals surface area contributed by atoms with Crippen molar-refractivity contribution in [1.82, 2.24) is 10.2 Å². The van der Waals surface area contributed by atoms with Crippen molar-refractivity contribution in [2.75, 3.05) is 32.8 Å². The lowest BCUT2D eigenvalue weighted by atomic mass is 10.2. The molecule has 0 aliphatic carbocycles. The van der Waals surface area contributed by atoms with Gasteiger partial charge < -0.3 is 9.64 Å². The molecule has 0 atom stereocenters. The minimum atomic E-state index is -0.558. The van der Waals surface area contributed by atoms with Crippen LogP contribution in [0.3, 0.4) is 0 Å². The highest BCUT2D eigenvalue weighted by molar-refractivity contribution is 6.04. The maximum atomic E-state index is 13.7. The lowest BCUT2D eigenvalue weighted by Gasteiger charge is -2.14. The molecule has 1 fully saturated rings. The second-order valence-electron chi connectivity index (χ2n) is 5.52. The number of amidine groups is 1. The monoisotopic (exact) mass is 321 g/mol. The molecule has 23 heavy (non-hydrogen) atoms. The van der Waals surface area contributed by atoms with Gasteiger partial charge in [0.15, 0.2) is 0 Å². The molecular weight excluding hydrogens is 297 g/mol. The maximum Gasteiger partial charge on any atom is 0.291 e. The molecule has 5 nitrogen and oxygen atoms in total. The molecule has 1 aliphatic heterocycles. The van der Waals surface area contributed by atoms with E-state index in [1.54, 1.807) is 12.1 Å². The Labute approximate surface area is 136 Å². The van der Waals surface area contributed by atoms with E-state index in [4.69, 9.17) is 4.74 Å². The summed E-state index contributed by atoms with van der Waals surface area (Å²) in [6.45, 7) is 6.02. The van der Waals surface area contributed by atoms with Crippen LogP contribution in [0.15, 0.2) is 29.3 Å². The molecule has 0 saturated carbocycles. The number of carbonyl (C=O) groups excluding carboxylic acids is 1. The van der Waals surface area contributed by atoms with Crippen LogP contribution in [0.4, 0.5) is 4.39 Å². The van der Waals surface area contributed by atoms with Crippen LogP contribution in [0.2, 0.25) is 0 Å². The predicted molar refractivity (Wildman–Crippen MR) is 88.1 cm³/mol. The Morgan fingerprint density at radius 2 is 2.09 bits per heavy atom. The number of rotatable bonds is 6. The molecule has 126 valence electrons.